The van der Waals surface area contributed by atoms with Crippen LogP contribution in [0.4, 0.5) is 0 Å². The van der Waals surface area contributed by atoms with Gasteiger partial charge in [0.2, 0.25) is 0 Å². The normalized spacial score (nSPS) is 13.8. The molecule has 0 aromatic carbocycles. The molecule has 0 aliphatic carbocycles. The third-order valence-electron chi connectivity index (χ3n) is 3.48. The zero-order chi connectivity index (χ0) is 14.5. The molecule has 0 bridgehead atoms. The van der Waals surface area contributed by atoms with Gasteiger partial charge in [-0.3, -0.25) is 4.68 Å². The second-order valence-corrected chi connectivity index (χ2v) is 6.34. The standard InChI is InChI=1S/C15H29N3O/c1-6-12(7-8-19)9-16-10-13-11-18(5)17-14(13)15(2,3)4/h11-12,16,19H,6-10H2,1-5H3. The first-order chi connectivity index (χ1) is 8.88. The van der Waals surface area contributed by atoms with Gasteiger partial charge in [-0.15, -0.1) is 0 Å². The number of nitrogens with one attached hydrogen (secondary N) is 1. The topological polar surface area (TPSA) is 50.1 Å². The Balaban J connectivity index is 2.58. The summed E-state index contributed by atoms with van der Waals surface area (Å²) in [5.74, 6) is 0.555. The zero-order valence-corrected chi connectivity index (χ0v) is 13.0. The number of aliphatic hydroxyl groups is 1. The minimum Gasteiger partial charge on any atom is -0.396 e. The van der Waals surface area contributed by atoms with Crippen molar-refractivity contribution in [2.75, 3.05) is 13.2 Å². The number of hydrogen-bond donors (Lipinski definition) is 2. The number of aryl methyl sites for hydroxylation is 1. The highest BCUT2D eigenvalue weighted by Gasteiger charge is 2.21. The summed E-state index contributed by atoms with van der Waals surface area (Å²) in [5, 5.41) is 17.1. The summed E-state index contributed by atoms with van der Waals surface area (Å²) < 4.78 is 1.89. The lowest BCUT2D eigenvalue weighted by molar-refractivity contribution is 0.251. The van der Waals surface area contributed by atoms with Crippen LogP contribution in [0.1, 0.15) is 51.8 Å². The van der Waals surface area contributed by atoms with Gasteiger partial charge in [0, 0.05) is 37.4 Å². The smallest absolute Gasteiger partial charge is 0.0722 e. The molecule has 0 fully saturated rings. The Hall–Kier alpha value is -0.870. The van der Waals surface area contributed by atoms with Crippen LogP contribution in [0.3, 0.4) is 0 Å². The Labute approximate surface area is 117 Å². The fraction of sp³-hybridized carbons (Fsp3) is 0.800. The first kappa shape index (κ1) is 16.2. The van der Waals surface area contributed by atoms with Crippen molar-refractivity contribution >= 4 is 0 Å². The Bertz CT molecular complexity index is 379. The summed E-state index contributed by atoms with van der Waals surface area (Å²) in [6, 6.07) is 0. The first-order valence-electron chi connectivity index (χ1n) is 7.23. The minimum absolute atomic E-state index is 0.0769. The second kappa shape index (κ2) is 7.06. The monoisotopic (exact) mass is 267 g/mol. The van der Waals surface area contributed by atoms with Gasteiger partial charge < -0.3 is 10.4 Å². The average molecular weight is 267 g/mol. The average Bonchev–Trinajstić information content (AvgIpc) is 2.69. The molecule has 0 aliphatic rings. The van der Waals surface area contributed by atoms with Gasteiger partial charge >= 0.3 is 0 Å². The summed E-state index contributed by atoms with van der Waals surface area (Å²) in [4.78, 5) is 0. The van der Waals surface area contributed by atoms with Crippen LogP contribution >= 0.6 is 0 Å². The van der Waals surface area contributed by atoms with E-state index in [2.05, 4.69) is 44.3 Å². The fourth-order valence-corrected chi connectivity index (χ4v) is 2.34. The highest BCUT2D eigenvalue weighted by molar-refractivity contribution is 5.23. The third-order valence-corrected chi connectivity index (χ3v) is 3.48. The lowest BCUT2D eigenvalue weighted by atomic mass is 9.89. The van der Waals surface area contributed by atoms with Crippen LogP contribution in [-0.4, -0.2) is 28.0 Å². The fourth-order valence-electron chi connectivity index (χ4n) is 2.34. The maximum absolute atomic E-state index is 9.00. The van der Waals surface area contributed by atoms with E-state index in [1.165, 1.54) is 5.56 Å². The number of rotatable bonds is 7. The van der Waals surface area contributed by atoms with E-state index < -0.39 is 0 Å². The quantitative estimate of drug-likeness (QED) is 0.796. The number of hydrogen-bond acceptors (Lipinski definition) is 3. The zero-order valence-electron chi connectivity index (χ0n) is 13.0. The maximum atomic E-state index is 9.00. The second-order valence-electron chi connectivity index (χ2n) is 6.34. The number of aromatic nitrogens is 2. The van der Waals surface area contributed by atoms with Crippen molar-refractivity contribution in [1.82, 2.24) is 15.1 Å². The van der Waals surface area contributed by atoms with Crippen LogP contribution in [0.15, 0.2) is 6.20 Å². The molecule has 110 valence electrons. The maximum Gasteiger partial charge on any atom is 0.0722 e. The van der Waals surface area contributed by atoms with Gasteiger partial charge in [0.1, 0.15) is 0 Å². The molecule has 1 atom stereocenters. The molecule has 4 heteroatoms. The van der Waals surface area contributed by atoms with Crippen molar-refractivity contribution < 1.29 is 5.11 Å². The van der Waals surface area contributed by atoms with E-state index in [1.54, 1.807) is 0 Å². The van der Waals surface area contributed by atoms with Crippen LogP contribution in [-0.2, 0) is 19.0 Å². The number of aliphatic hydroxyl groups excluding tert-OH is 1. The minimum atomic E-state index is 0.0769. The van der Waals surface area contributed by atoms with Crippen molar-refractivity contribution in [2.45, 2.75) is 52.5 Å². The summed E-state index contributed by atoms with van der Waals surface area (Å²) in [6.45, 7) is 10.8. The lowest BCUT2D eigenvalue weighted by Crippen LogP contribution is -2.24. The molecule has 0 aliphatic heterocycles. The molecule has 1 aromatic heterocycles. The van der Waals surface area contributed by atoms with Gasteiger partial charge in [0.05, 0.1) is 5.69 Å². The molecule has 0 amide bonds. The highest BCUT2D eigenvalue weighted by Crippen LogP contribution is 2.24. The first-order valence-corrected chi connectivity index (χ1v) is 7.23. The van der Waals surface area contributed by atoms with E-state index in [1.807, 2.05) is 11.7 Å². The third kappa shape index (κ3) is 4.96. The summed E-state index contributed by atoms with van der Waals surface area (Å²) >= 11 is 0. The molecular formula is C15H29N3O. The van der Waals surface area contributed by atoms with Gasteiger partial charge in [0.25, 0.3) is 0 Å². The Morgan fingerprint density at radius 3 is 2.63 bits per heavy atom. The molecule has 19 heavy (non-hydrogen) atoms. The van der Waals surface area contributed by atoms with E-state index >= 15 is 0 Å². The molecule has 1 heterocycles. The molecule has 0 saturated heterocycles. The molecule has 0 saturated carbocycles. The Kier molecular flexibility index (Phi) is 6.01. The van der Waals surface area contributed by atoms with Gasteiger partial charge in [-0.1, -0.05) is 34.1 Å². The predicted molar refractivity (Wildman–Crippen MR) is 79.1 cm³/mol. The van der Waals surface area contributed by atoms with E-state index in [0.29, 0.717) is 5.92 Å². The largest absolute Gasteiger partial charge is 0.396 e. The van der Waals surface area contributed by atoms with Crippen molar-refractivity contribution in [3.63, 3.8) is 0 Å². The Morgan fingerprint density at radius 2 is 2.11 bits per heavy atom. The van der Waals surface area contributed by atoms with Gasteiger partial charge in [0.15, 0.2) is 0 Å². The van der Waals surface area contributed by atoms with Gasteiger partial charge in [-0.25, -0.2) is 0 Å². The van der Waals surface area contributed by atoms with Crippen LogP contribution in [0.5, 0.6) is 0 Å². The van der Waals surface area contributed by atoms with Crippen LogP contribution in [0.2, 0.25) is 0 Å². The lowest BCUT2D eigenvalue weighted by Gasteiger charge is -2.19. The Morgan fingerprint density at radius 1 is 1.42 bits per heavy atom. The number of nitrogens with zero attached hydrogens (tertiary/aromatic N) is 2. The molecule has 2 N–H and O–H groups in total. The van der Waals surface area contributed by atoms with Crippen molar-refractivity contribution in [3.05, 3.63) is 17.5 Å². The van der Waals surface area contributed by atoms with E-state index in [0.717, 1.165) is 31.6 Å². The van der Waals surface area contributed by atoms with Gasteiger partial charge in [-0.05, 0) is 18.9 Å². The summed E-state index contributed by atoms with van der Waals surface area (Å²) in [5.41, 5.74) is 2.51. The SMILES string of the molecule is CCC(CCO)CNCc1cn(C)nc1C(C)(C)C. The van der Waals surface area contributed by atoms with Crippen LogP contribution in [0.25, 0.3) is 0 Å². The van der Waals surface area contributed by atoms with E-state index in [9.17, 15) is 0 Å². The van der Waals surface area contributed by atoms with E-state index in [4.69, 9.17) is 5.11 Å². The van der Waals surface area contributed by atoms with Crippen molar-refractivity contribution in [2.24, 2.45) is 13.0 Å². The van der Waals surface area contributed by atoms with Gasteiger partial charge in [-0.2, -0.15) is 5.10 Å². The summed E-state index contributed by atoms with van der Waals surface area (Å²) in [6.07, 6.45) is 4.08. The highest BCUT2D eigenvalue weighted by atomic mass is 16.3. The molecule has 4 nitrogen and oxygen atoms in total. The van der Waals surface area contributed by atoms with Crippen molar-refractivity contribution in [3.8, 4) is 0 Å². The molecule has 1 rings (SSSR count). The predicted octanol–water partition coefficient (Wildman–Crippen LogP) is 2.22. The molecule has 0 radical (unpaired) electrons. The molecular weight excluding hydrogens is 238 g/mol. The molecule has 1 unspecified atom stereocenters. The van der Waals surface area contributed by atoms with Crippen LogP contribution in [0, 0.1) is 5.92 Å². The summed E-state index contributed by atoms with van der Waals surface area (Å²) in [7, 11) is 1.97. The van der Waals surface area contributed by atoms with E-state index in [-0.39, 0.29) is 12.0 Å². The molecule has 0 spiro atoms. The van der Waals surface area contributed by atoms with Crippen molar-refractivity contribution in [1.29, 1.82) is 0 Å². The van der Waals surface area contributed by atoms with Crippen LogP contribution < -0.4 is 5.32 Å². The molecule has 1 aromatic rings.